The number of carbonyl (C=O) groups excluding carboxylic acids is 4. The van der Waals surface area contributed by atoms with E-state index in [-0.39, 0.29) is 5.75 Å². The molecule has 0 aliphatic carbocycles. The summed E-state index contributed by atoms with van der Waals surface area (Å²) >= 11 is 3.89. The third-order valence-electron chi connectivity index (χ3n) is 2.81. The van der Waals surface area contributed by atoms with Crippen molar-refractivity contribution in [3.05, 3.63) is 0 Å². The highest BCUT2D eigenvalue weighted by molar-refractivity contribution is 7.80. The molecular formula is C12H21N5O7S. The van der Waals surface area contributed by atoms with Gasteiger partial charge in [0.15, 0.2) is 0 Å². The van der Waals surface area contributed by atoms with Gasteiger partial charge in [0.2, 0.25) is 23.6 Å². The Kier molecular flexibility index (Phi) is 10.2. The molecule has 9 N–H and O–H groups in total. The van der Waals surface area contributed by atoms with Gasteiger partial charge >= 0.3 is 5.97 Å². The zero-order chi connectivity index (χ0) is 19.6. The van der Waals surface area contributed by atoms with Crippen molar-refractivity contribution in [3.63, 3.8) is 0 Å². The van der Waals surface area contributed by atoms with Crippen molar-refractivity contribution in [3.8, 4) is 0 Å². The quantitative estimate of drug-likeness (QED) is 0.163. The average molecular weight is 379 g/mol. The molecule has 13 heteroatoms. The molecule has 0 radical (unpaired) electrons. The highest BCUT2D eigenvalue weighted by Gasteiger charge is 2.24. The number of aliphatic carboxylic acids is 1. The molecule has 0 fully saturated rings. The van der Waals surface area contributed by atoms with Crippen LogP contribution in [-0.2, 0) is 24.0 Å². The molecule has 0 aliphatic rings. The van der Waals surface area contributed by atoms with Crippen LogP contribution < -0.4 is 27.4 Å². The lowest BCUT2D eigenvalue weighted by Gasteiger charge is -2.19. The lowest BCUT2D eigenvalue weighted by Crippen LogP contribution is -2.54. The summed E-state index contributed by atoms with van der Waals surface area (Å²) < 4.78 is 0. The summed E-state index contributed by atoms with van der Waals surface area (Å²) in [5, 5.41) is 23.8. The minimum Gasteiger partial charge on any atom is -0.480 e. The molecule has 0 aromatic carbocycles. The van der Waals surface area contributed by atoms with Gasteiger partial charge in [-0.15, -0.1) is 0 Å². The Labute approximate surface area is 148 Å². The van der Waals surface area contributed by atoms with Crippen LogP contribution in [0.3, 0.4) is 0 Å². The van der Waals surface area contributed by atoms with Gasteiger partial charge < -0.3 is 37.6 Å². The van der Waals surface area contributed by atoms with E-state index in [2.05, 4.69) is 23.3 Å². The Morgan fingerprint density at radius 2 is 1.64 bits per heavy atom. The fraction of sp³-hybridized carbons (Fsp3) is 0.583. The molecular weight excluding hydrogens is 358 g/mol. The van der Waals surface area contributed by atoms with Crippen molar-refractivity contribution in [1.29, 1.82) is 0 Å². The smallest absolute Gasteiger partial charge is 0.328 e. The van der Waals surface area contributed by atoms with Crippen LogP contribution in [0.1, 0.15) is 6.42 Å². The summed E-state index contributed by atoms with van der Waals surface area (Å²) in [5.41, 5.74) is 10.3. The van der Waals surface area contributed by atoms with E-state index < -0.39 is 67.3 Å². The lowest BCUT2D eigenvalue weighted by molar-refractivity contribution is -0.142. The van der Waals surface area contributed by atoms with Gasteiger partial charge in [-0.2, -0.15) is 12.6 Å². The molecule has 3 atom stereocenters. The Morgan fingerprint density at radius 1 is 1.04 bits per heavy atom. The maximum absolute atomic E-state index is 11.9. The van der Waals surface area contributed by atoms with Crippen molar-refractivity contribution >= 4 is 42.2 Å². The van der Waals surface area contributed by atoms with Crippen LogP contribution in [0.5, 0.6) is 0 Å². The molecule has 142 valence electrons. The van der Waals surface area contributed by atoms with Gasteiger partial charge in [-0.1, -0.05) is 0 Å². The summed E-state index contributed by atoms with van der Waals surface area (Å²) in [4.78, 5) is 56.5. The Hall–Kier alpha value is -2.38. The number of amides is 4. The first-order valence-electron chi connectivity index (χ1n) is 6.98. The normalized spacial score (nSPS) is 13.9. The first kappa shape index (κ1) is 22.6. The third kappa shape index (κ3) is 8.88. The van der Waals surface area contributed by atoms with E-state index in [1.807, 2.05) is 5.32 Å². The minimum absolute atomic E-state index is 0.128. The molecule has 0 aromatic heterocycles. The maximum atomic E-state index is 11.9. The van der Waals surface area contributed by atoms with Crippen LogP contribution >= 0.6 is 12.6 Å². The number of nitrogens with two attached hydrogens (primary N) is 2. The van der Waals surface area contributed by atoms with Crippen LogP contribution in [-0.4, -0.2) is 76.8 Å². The molecule has 4 amide bonds. The second-order valence-corrected chi connectivity index (χ2v) is 5.24. The van der Waals surface area contributed by atoms with E-state index in [1.165, 1.54) is 0 Å². The lowest BCUT2D eigenvalue weighted by atomic mass is 10.2. The summed E-state index contributed by atoms with van der Waals surface area (Å²) in [6.45, 7) is -1.40. The van der Waals surface area contributed by atoms with E-state index in [4.69, 9.17) is 21.7 Å². The average Bonchev–Trinajstić information content (AvgIpc) is 2.53. The fourth-order valence-electron chi connectivity index (χ4n) is 1.50. The molecule has 0 heterocycles. The standard InChI is InChI=1S/C12H21N5O7S/c13-5(1-8(14)19)10(21)17-7(4-25)11(22)15-2-9(20)16-6(3-18)12(23)24/h5-7,18,25H,1-4,13H2,(H2,14,19)(H,15,22)(H,16,20)(H,17,21)(H,23,24). The number of hydrogen-bond acceptors (Lipinski definition) is 8. The first-order valence-corrected chi connectivity index (χ1v) is 7.61. The van der Waals surface area contributed by atoms with Gasteiger partial charge in [-0.3, -0.25) is 19.2 Å². The van der Waals surface area contributed by atoms with Crippen molar-refractivity contribution in [2.75, 3.05) is 18.9 Å². The second-order valence-electron chi connectivity index (χ2n) is 4.88. The number of primary amides is 1. The Balaban J connectivity index is 4.50. The number of carboxylic acids is 1. The van der Waals surface area contributed by atoms with E-state index in [0.29, 0.717) is 0 Å². The van der Waals surface area contributed by atoms with E-state index in [0.717, 1.165) is 0 Å². The van der Waals surface area contributed by atoms with Gasteiger partial charge in [0.25, 0.3) is 0 Å². The van der Waals surface area contributed by atoms with E-state index in [1.54, 1.807) is 0 Å². The Morgan fingerprint density at radius 3 is 2.08 bits per heavy atom. The fourth-order valence-corrected chi connectivity index (χ4v) is 1.76. The number of aliphatic hydroxyl groups excluding tert-OH is 1. The first-order chi connectivity index (χ1) is 11.6. The van der Waals surface area contributed by atoms with Crippen molar-refractivity contribution in [2.45, 2.75) is 24.5 Å². The monoisotopic (exact) mass is 379 g/mol. The molecule has 25 heavy (non-hydrogen) atoms. The summed E-state index contributed by atoms with van der Waals surface area (Å²) in [5.74, 6) is -4.79. The zero-order valence-corrected chi connectivity index (χ0v) is 14.0. The van der Waals surface area contributed by atoms with Gasteiger partial charge in [0.1, 0.15) is 12.1 Å². The third-order valence-corrected chi connectivity index (χ3v) is 3.18. The molecule has 0 rings (SSSR count). The van der Waals surface area contributed by atoms with E-state index in [9.17, 15) is 24.0 Å². The highest BCUT2D eigenvalue weighted by atomic mass is 32.1. The summed E-state index contributed by atoms with van der Waals surface area (Å²) in [6, 6.07) is -3.89. The number of hydrogen-bond donors (Lipinski definition) is 8. The number of carbonyl (C=O) groups is 5. The number of rotatable bonds is 11. The van der Waals surface area contributed by atoms with Crippen LogP contribution in [0.25, 0.3) is 0 Å². The molecule has 0 saturated heterocycles. The van der Waals surface area contributed by atoms with Crippen LogP contribution in [0.15, 0.2) is 0 Å². The molecule has 0 aromatic rings. The Bertz CT molecular complexity index is 530. The predicted molar refractivity (Wildman–Crippen MR) is 87.2 cm³/mol. The van der Waals surface area contributed by atoms with Gasteiger partial charge in [0.05, 0.1) is 25.6 Å². The van der Waals surface area contributed by atoms with Gasteiger partial charge in [-0.25, -0.2) is 4.79 Å². The minimum atomic E-state index is -1.50. The topological polar surface area (TPSA) is 214 Å². The van der Waals surface area contributed by atoms with E-state index >= 15 is 0 Å². The summed E-state index contributed by atoms with van der Waals surface area (Å²) in [6.07, 6.45) is -0.410. The maximum Gasteiger partial charge on any atom is 0.328 e. The van der Waals surface area contributed by atoms with Gasteiger partial charge in [0, 0.05) is 5.75 Å². The number of aliphatic hydroxyl groups is 1. The number of carboxylic acid groups (broad SMARTS) is 1. The van der Waals surface area contributed by atoms with Crippen molar-refractivity contribution in [2.24, 2.45) is 11.5 Å². The van der Waals surface area contributed by atoms with Crippen molar-refractivity contribution in [1.82, 2.24) is 16.0 Å². The molecule has 0 spiro atoms. The molecule has 12 nitrogen and oxygen atoms in total. The SMILES string of the molecule is NC(=O)CC(N)C(=O)NC(CS)C(=O)NCC(=O)NC(CO)C(=O)O. The van der Waals surface area contributed by atoms with Crippen LogP contribution in [0.4, 0.5) is 0 Å². The van der Waals surface area contributed by atoms with Crippen LogP contribution in [0, 0.1) is 0 Å². The highest BCUT2D eigenvalue weighted by Crippen LogP contribution is 1.93. The van der Waals surface area contributed by atoms with Crippen LogP contribution in [0.2, 0.25) is 0 Å². The zero-order valence-electron chi connectivity index (χ0n) is 13.1. The summed E-state index contributed by atoms with van der Waals surface area (Å²) in [7, 11) is 0. The second kappa shape index (κ2) is 11.2. The van der Waals surface area contributed by atoms with Crippen molar-refractivity contribution < 1.29 is 34.2 Å². The van der Waals surface area contributed by atoms with Gasteiger partial charge in [-0.05, 0) is 0 Å². The predicted octanol–water partition coefficient (Wildman–Crippen LogP) is -4.72. The number of thiol groups is 1. The number of nitrogens with one attached hydrogen (secondary N) is 3. The molecule has 0 aliphatic heterocycles. The molecule has 3 unspecified atom stereocenters. The largest absolute Gasteiger partial charge is 0.480 e. The molecule has 0 saturated carbocycles. The molecule has 0 bridgehead atoms.